The summed E-state index contributed by atoms with van der Waals surface area (Å²) in [4.78, 5) is 0. The van der Waals surface area contributed by atoms with E-state index in [1.165, 1.54) is 11.1 Å². The Kier molecular flexibility index (Phi) is 5.57. The van der Waals surface area contributed by atoms with Crippen molar-refractivity contribution in [3.05, 3.63) is 83.9 Å². The van der Waals surface area contributed by atoms with Crippen molar-refractivity contribution in [1.29, 1.82) is 0 Å². The molecule has 1 atom stereocenters. The highest BCUT2D eigenvalue weighted by Gasteiger charge is 2.10. The summed E-state index contributed by atoms with van der Waals surface area (Å²) in [5, 5.41) is 0. The van der Waals surface area contributed by atoms with Gasteiger partial charge in [-0.1, -0.05) is 72.8 Å². The molecule has 1 heteroatoms. The van der Waals surface area contributed by atoms with Crippen molar-refractivity contribution >= 4 is 0 Å². The van der Waals surface area contributed by atoms with Crippen LogP contribution in [0, 0.1) is 0 Å². The van der Waals surface area contributed by atoms with Gasteiger partial charge in [-0.3, -0.25) is 0 Å². The van der Waals surface area contributed by atoms with Crippen LogP contribution in [0.1, 0.15) is 24.5 Å². The molecule has 0 N–H and O–H groups in total. The number of hydrogen-bond donors (Lipinski definition) is 0. The van der Waals surface area contributed by atoms with Crippen molar-refractivity contribution < 1.29 is 4.74 Å². The molecule has 1 unspecified atom stereocenters. The van der Waals surface area contributed by atoms with E-state index >= 15 is 0 Å². The first-order valence-electron chi connectivity index (χ1n) is 7.10. The fraction of sp³-hybridized carbons (Fsp3) is 0.263. The second kappa shape index (κ2) is 7.66. The molecule has 0 spiro atoms. The molecule has 2 rings (SSSR count). The lowest BCUT2D eigenvalue weighted by atomic mass is 10.0. The molecular formula is C19H22O. The third kappa shape index (κ3) is 4.67. The first-order chi connectivity index (χ1) is 9.75. The van der Waals surface area contributed by atoms with Gasteiger partial charge in [0.15, 0.2) is 0 Å². The largest absolute Gasteiger partial charge is 0.369 e. The Balaban J connectivity index is 1.86. The summed E-state index contributed by atoms with van der Waals surface area (Å²) >= 11 is 0. The lowest BCUT2D eigenvalue weighted by Crippen LogP contribution is -2.15. The van der Waals surface area contributed by atoms with Gasteiger partial charge >= 0.3 is 0 Å². The maximum Gasteiger partial charge on any atom is 0.0787 e. The van der Waals surface area contributed by atoms with Crippen LogP contribution in [-0.2, 0) is 17.8 Å². The van der Waals surface area contributed by atoms with E-state index < -0.39 is 0 Å². The molecule has 1 nitrogen and oxygen atoms in total. The maximum atomic E-state index is 6.01. The summed E-state index contributed by atoms with van der Waals surface area (Å²) in [6.07, 6.45) is 2.12. The van der Waals surface area contributed by atoms with Crippen LogP contribution in [-0.4, -0.2) is 6.10 Å². The lowest BCUT2D eigenvalue weighted by Gasteiger charge is -2.18. The average Bonchev–Trinajstić information content (AvgIpc) is 2.49. The quantitative estimate of drug-likeness (QED) is 0.655. The molecule has 2 aromatic carbocycles. The van der Waals surface area contributed by atoms with Crippen molar-refractivity contribution in [2.45, 2.75) is 32.5 Å². The molecule has 20 heavy (non-hydrogen) atoms. The molecule has 0 heterocycles. The SMILES string of the molecule is C=C(C)C(CCc1ccccc1)OCc1ccccc1. The highest BCUT2D eigenvalue weighted by atomic mass is 16.5. The summed E-state index contributed by atoms with van der Waals surface area (Å²) in [6.45, 7) is 6.74. The van der Waals surface area contributed by atoms with Crippen LogP contribution in [0.15, 0.2) is 72.8 Å². The Morgan fingerprint density at radius 3 is 2.05 bits per heavy atom. The van der Waals surface area contributed by atoms with E-state index in [1.54, 1.807) is 0 Å². The molecule has 0 saturated carbocycles. The highest BCUT2D eigenvalue weighted by molar-refractivity contribution is 5.16. The van der Waals surface area contributed by atoms with Crippen molar-refractivity contribution in [2.75, 3.05) is 0 Å². The number of aryl methyl sites for hydroxylation is 1. The van der Waals surface area contributed by atoms with Gasteiger partial charge in [0.25, 0.3) is 0 Å². The number of benzene rings is 2. The molecule has 0 fully saturated rings. The fourth-order valence-electron chi connectivity index (χ4n) is 2.19. The van der Waals surface area contributed by atoms with Crippen LogP contribution in [0.3, 0.4) is 0 Å². The molecule has 104 valence electrons. The summed E-state index contributed by atoms with van der Waals surface area (Å²) in [6, 6.07) is 20.8. The van der Waals surface area contributed by atoms with Crippen molar-refractivity contribution in [3.8, 4) is 0 Å². The topological polar surface area (TPSA) is 9.23 Å². The van der Waals surface area contributed by atoms with Crippen LogP contribution >= 0.6 is 0 Å². The van der Waals surface area contributed by atoms with Crippen molar-refractivity contribution in [3.63, 3.8) is 0 Å². The van der Waals surface area contributed by atoms with Gasteiger partial charge in [0, 0.05) is 0 Å². The van der Waals surface area contributed by atoms with Gasteiger partial charge in [-0.2, -0.15) is 0 Å². The van der Waals surface area contributed by atoms with Crippen LogP contribution in [0.4, 0.5) is 0 Å². The summed E-state index contributed by atoms with van der Waals surface area (Å²) in [7, 11) is 0. The highest BCUT2D eigenvalue weighted by Crippen LogP contribution is 2.15. The third-order valence-corrected chi connectivity index (χ3v) is 3.38. The van der Waals surface area contributed by atoms with Gasteiger partial charge in [-0.25, -0.2) is 0 Å². The second-order valence-corrected chi connectivity index (χ2v) is 5.16. The molecule has 2 aromatic rings. The van der Waals surface area contributed by atoms with E-state index in [4.69, 9.17) is 4.74 Å². The molecule has 0 bridgehead atoms. The monoisotopic (exact) mass is 266 g/mol. The number of ether oxygens (including phenoxy) is 1. The zero-order valence-electron chi connectivity index (χ0n) is 12.1. The molecule has 0 aliphatic heterocycles. The van der Waals surface area contributed by atoms with E-state index in [-0.39, 0.29) is 6.10 Å². The van der Waals surface area contributed by atoms with E-state index in [0.717, 1.165) is 18.4 Å². The minimum Gasteiger partial charge on any atom is -0.369 e. The standard InChI is InChI=1S/C19H22O/c1-16(2)19(14-13-17-9-5-3-6-10-17)20-15-18-11-7-4-8-12-18/h3-12,19H,1,13-15H2,2H3. The van der Waals surface area contributed by atoms with Crippen molar-refractivity contribution in [1.82, 2.24) is 0 Å². The third-order valence-electron chi connectivity index (χ3n) is 3.38. The van der Waals surface area contributed by atoms with Crippen LogP contribution in [0.5, 0.6) is 0 Å². The summed E-state index contributed by atoms with van der Waals surface area (Å²) < 4.78 is 6.01. The lowest BCUT2D eigenvalue weighted by molar-refractivity contribution is 0.0594. The van der Waals surface area contributed by atoms with Crippen LogP contribution in [0.25, 0.3) is 0 Å². The fourth-order valence-corrected chi connectivity index (χ4v) is 2.19. The van der Waals surface area contributed by atoms with Gasteiger partial charge in [0.05, 0.1) is 12.7 Å². The number of hydrogen-bond acceptors (Lipinski definition) is 1. The predicted octanol–water partition coefficient (Wildman–Crippen LogP) is 4.78. The van der Waals surface area contributed by atoms with Gasteiger partial charge in [-0.15, -0.1) is 0 Å². The normalized spacial score (nSPS) is 12.1. The minimum absolute atomic E-state index is 0.121. The second-order valence-electron chi connectivity index (χ2n) is 5.16. The minimum atomic E-state index is 0.121. The molecule has 0 aliphatic carbocycles. The molecule has 0 amide bonds. The van der Waals surface area contributed by atoms with Gasteiger partial charge in [-0.05, 0) is 30.9 Å². The maximum absolute atomic E-state index is 6.01. The Labute approximate surface area is 121 Å². The number of rotatable bonds is 7. The zero-order valence-corrected chi connectivity index (χ0v) is 12.1. The van der Waals surface area contributed by atoms with E-state index in [0.29, 0.717) is 6.61 Å². The molecular weight excluding hydrogens is 244 g/mol. The Morgan fingerprint density at radius 2 is 1.50 bits per heavy atom. The molecule has 0 radical (unpaired) electrons. The van der Waals surface area contributed by atoms with Crippen LogP contribution < -0.4 is 0 Å². The Morgan fingerprint density at radius 1 is 0.950 bits per heavy atom. The predicted molar refractivity (Wildman–Crippen MR) is 84.6 cm³/mol. The first kappa shape index (κ1) is 14.5. The average molecular weight is 266 g/mol. The van der Waals surface area contributed by atoms with Crippen LogP contribution in [0.2, 0.25) is 0 Å². The van der Waals surface area contributed by atoms with Crippen molar-refractivity contribution in [2.24, 2.45) is 0 Å². The van der Waals surface area contributed by atoms with Gasteiger partial charge in [0.2, 0.25) is 0 Å². The van der Waals surface area contributed by atoms with E-state index in [2.05, 4.69) is 43.0 Å². The Hall–Kier alpha value is -1.86. The van der Waals surface area contributed by atoms with E-state index in [1.807, 2.05) is 31.2 Å². The molecule has 0 saturated heterocycles. The zero-order chi connectivity index (χ0) is 14.2. The summed E-state index contributed by atoms with van der Waals surface area (Å²) in [5.74, 6) is 0. The molecule has 0 aliphatic rings. The smallest absolute Gasteiger partial charge is 0.0787 e. The first-order valence-corrected chi connectivity index (χ1v) is 7.10. The van der Waals surface area contributed by atoms with Gasteiger partial charge < -0.3 is 4.74 Å². The van der Waals surface area contributed by atoms with Gasteiger partial charge in [0.1, 0.15) is 0 Å². The van der Waals surface area contributed by atoms with E-state index in [9.17, 15) is 0 Å². The Bertz CT molecular complexity index is 472. The summed E-state index contributed by atoms with van der Waals surface area (Å²) in [5.41, 5.74) is 3.65. The molecule has 0 aromatic heterocycles.